The molecule has 0 N–H and O–H groups in total. The van der Waals surface area contributed by atoms with Crippen LogP contribution in [-0.2, 0) is 4.74 Å². The first-order valence-corrected chi connectivity index (χ1v) is 7.54. The van der Waals surface area contributed by atoms with Gasteiger partial charge in [-0.25, -0.2) is 0 Å². The van der Waals surface area contributed by atoms with Crippen molar-refractivity contribution in [3.63, 3.8) is 0 Å². The highest BCUT2D eigenvalue weighted by atomic mass is 79.9. The Labute approximate surface area is 129 Å². The van der Waals surface area contributed by atoms with Gasteiger partial charge in [-0.1, -0.05) is 11.6 Å². The van der Waals surface area contributed by atoms with Gasteiger partial charge in [0.25, 0.3) is 0 Å². The molecule has 0 fully saturated rings. The van der Waals surface area contributed by atoms with E-state index in [1.54, 1.807) is 0 Å². The van der Waals surface area contributed by atoms with Crippen LogP contribution in [0, 0.1) is 0 Å². The fourth-order valence-electron chi connectivity index (χ4n) is 1.51. The third-order valence-corrected chi connectivity index (χ3v) is 3.37. The summed E-state index contributed by atoms with van der Waals surface area (Å²) in [5.74, 6) is 0.796. The molecule has 2 nitrogen and oxygen atoms in total. The van der Waals surface area contributed by atoms with Gasteiger partial charge >= 0.3 is 0 Å². The minimum absolute atomic E-state index is 0.114. The highest BCUT2D eigenvalue weighted by molar-refractivity contribution is 9.10. The molecule has 0 aliphatic rings. The summed E-state index contributed by atoms with van der Waals surface area (Å²) in [7, 11) is 0. The molecule has 0 heterocycles. The number of halogens is 2. The molecule has 0 aromatic heterocycles. The summed E-state index contributed by atoms with van der Waals surface area (Å²) in [6.07, 6.45) is 0.819. The smallest absolute Gasteiger partial charge is 0.134 e. The Morgan fingerprint density at radius 1 is 1.16 bits per heavy atom. The first-order chi connectivity index (χ1) is 8.59. The zero-order valence-corrected chi connectivity index (χ0v) is 14.6. The molecule has 108 valence electrons. The van der Waals surface area contributed by atoms with Crippen molar-refractivity contribution in [1.82, 2.24) is 0 Å². The average Bonchev–Trinajstić information content (AvgIpc) is 2.20. The van der Waals surface area contributed by atoms with Gasteiger partial charge in [0.1, 0.15) is 11.4 Å². The largest absolute Gasteiger partial charge is 0.487 e. The van der Waals surface area contributed by atoms with Gasteiger partial charge in [0.15, 0.2) is 0 Å². The van der Waals surface area contributed by atoms with Crippen molar-refractivity contribution in [1.29, 1.82) is 0 Å². The van der Waals surface area contributed by atoms with Gasteiger partial charge in [-0.05, 0) is 68.7 Å². The Kier molecular flexibility index (Phi) is 5.72. The third kappa shape index (κ3) is 6.64. The second kappa shape index (κ2) is 6.47. The summed E-state index contributed by atoms with van der Waals surface area (Å²) >= 11 is 9.38. The van der Waals surface area contributed by atoms with Crippen molar-refractivity contribution < 1.29 is 9.47 Å². The van der Waals surface area contributed by atoms with Crippen molar-refractivity contribution in [2.24, 2.45) is 0 Å². The molecule has 0 unspecified atom stereocenters. The molecule has 1 aromatic carbocycles. The summed E-state index contributed by atoms with van der Waals surface area (Å²) in [6, 6.07) is 5.53. The van der Waals surface area contributed by atoms with Crippen LogP contribution >= 0.6 is 27.5 Å². The normalized spacial score (nSPS) is 12.6. The lowest BCUT2D eigenvalue weighted by molar-refractivity contribution is -0.0293. The van der Waals surface area contributed by atoms with Gasteiger partial charge in [0.05, 0.1) is 16.7 Å². The molecule has 4 heteroatoms. The summed E-state index contributed by atoms with van der Waals surface area (Å²) in [5, 5.41) is 0.688. The summed E-state index contributed by atoms with van der Waals surface area (Å²) in [6.45, 7) is 10.9. The number of rotatable bonds is 5. The van der Waals surface area contributed by atoms with E-state index in [4.69, 9.17) is 21.1 Å². The van der Waals surface area contributed by atoms with E-state index in [2.05, 4.69) is 50.5 Å². The molecule has 0 amide bonds. The standard InChI is InChI=1S/C15H22BrClO2/c1-14(2,3)18-9-8-15(4,5)19-13-7-6-11(17)10-12(13)16/h6-7,10H,8-9H2,1-5H3. The number of benzene rings is 1. The fourth-order valence-corrected chi connectivity index (χ4v) is 2.27. The summed E-state index contributed by atoms with van der Waals surface area (Å²) in [5.41, 5.74) is -0.404. The van der Waals surface area contributed by atoms with Crippen LogP contribution < -0.4 is 4.74 Å². The molecule has 0 aliphatic carbocycles. The maximum absolute atomic E-state index is 6.02. The quantitative estimate of drug-likeness (QED) is 0.702. The molecule has 1 rings (SSSR count). The van der Waals surface area contributed by atoms with Gasteiger partial charge in [-0.3, -0.25) is 0 Å². The zero-order valence-electron chi connectivity index (χ0n) is 12.2. The Morgan fingerprint density at radius 3 is 2.32 bits per heavy atom. The summed E-state index contributed by atoms with van der Waals surface area (Å²) < 4.78 is 12.6. The van der Waals surface area contributed by atoms with Crippen molar-refractivity contribution in [3.05, 3.63) is 27.7 Å². The topological polar surface area (TPSA) is 18.5 Å². The van der Waals surface area contributed by atoms with E-state index < -0.39 is 0 Å². The van der Waals surface area contributed by atoms with Crippen molar-refractivity contribution in [3.8, 4) is 5.75 Å². The maximum atomic E-state index is 6.02. The molecule has 0 saturated heterocycles. The molecule has 1 aromatic rings. The van der Waals surface area contributed by atoms with E-state index in [-0.39, 0.29) is 11.2 Å². The van der Waals surface area contributed by atoms with Gasteiger partial charge < -0.3 is 9.47 Å². The van der Waals surface area contributed by atoms with Crippen LogP contribution in [0.15, 0.2) is 22.7 Å². The first-order valence-electron chi connectivity index (χ1n) is 6.37. The minimum Gasteiger partial charge on any atom is -0.487 e. The highest BCUT2D eigenvalue weighted by Gasteiger charge is 2.22. The minimum atomic E-state index is -0.290. The van der Waals surface area contributed by atoms with E-state index in [9.17, 15) is 0 Å². The molecule has 0 radical (unpaired) electrons. The molecular formula is C15H22BrClO2. The number of hydrogen-bond donors (Lipinski definition) is 0. The highest BCUT2D eigenvalue weighted by Crippen LogP contribution is 2.31. The van der Waals surface area contributed by atoms with Crippen LogP contribution in [0.2, 0.25) is 5.02 Å². The Balaban J connectivity index is 2.58. The Bertz CT molecular complexity index is 425. The average molecular weight is 350 g/mol. The lowest BCUT2D eigenvalue weighted by atomic mass is 10.1. The number of ether oxygens (including phenoxy) is 2. The van der Waals surface area contributed by atoms with Crippen LogP contribution in [0.3, 0.4) is 0 Å². The second-order valence-corrected chi connectivity index (χ2v) is 7.44. The second-order valence-electron chi connectivity index (χ2n) is 6.15. The van der Waals surface area contributed by atoms with Crippen molar-refractivity contribution in [2.45, 2.75) is 52.2 Å². The predicted molar refractivity (Wildman–Crippen MR) is 84.2 cm³/mol. The van der Waals surface area contributed by atoms with Crippen LogP contribution in [0.25, 0.3) is 0 Å². The number of hydrogen-bond acceptors (Lipinski definition) is 2. The van der Waals surface area contributed by atoms with Crippen LogP contribution in [0.5, 0.6) is 5.75 Å². The van der Waals surface area contributed by atoms with Crippen molar-refractivity contribution >= 4 is 27.5 Å². The zero-order chi connectivity index (χ0) is 14.7. The fraction of sp³-hybridized carbons (Fsp3) is 0.600. The van der Waals surface area contributed by atoms with Gasteiger partial charge in [0.2, 0.25) is 0 Å². The monoisotopic (exact) mass is 348 g/mol. The molecule has 0 saturated carbocycles. The Morgan fingerprint density at radius 2 is 1.79 bits per heavy atom. The van der Waals surface area contributed by atoms with E-state index in [1.165, 1.54) is 0 Å². The van der Waals surface area contributed by atoms with E-state index >= 15 is 0 Å². The van der Waals surface area contributed by atoms with Crippen LogP contribution in [-0.4, -0.2) is 17.8 Å². The van der Waals surface area contributed by atoms with E-state index in [0.717, 1.165) is 16.6 Å². The molecular weight excluding hydrogens is 328 g/mol. The van der Waals surface area contributed by atoms with E-state index in [0.29, 0.717) is 11.6 Å². The van der Waals surface area contributed by atoms with Crippen LogP contribution in [0.4, 0.5) is 0 Å². The molecule has 0 spiro atoms. The molecule has 0 aliphatic heterocycles. The first kappa shape index (κ1) is 16.8. The van der Waals surface area contributed by atoms with Crippen molar-refractivity contribution in [2.75, 3.05) is 6.61 Å². The molecule has 19 heavy (non-hydrogen) atoms. The van der Waals surface area contributed by atoms with Gasteiger partial charge in [-0.2, -0.15) is 0 Å². The third-order valence-electron chi connectivity index (χ3n) is 2.52. The van der Waals surface area contributed by atoms with Gasteiger partial charge in [-0.15, -0.1) is 0 Å². The molecule has 0 bridgehead atoms. The van der Waals surface area contributed by atoms with Gasteiger partial charge in [0, 0.05) is 11.4 Å². The lowest BCUT2D eigenvalue weighted by Gasteiger charge is -2.29. The lowest BCUT2D eigenvalue weighted by Crippen LogP contribution is -2.32. The SMILES string of the molecule is CC(C)(C)OCCC(C)(C)Oc1ccc(Cl)cc1Br. The Hall–Kier alpha value is -0.250. The maximum Gasteiger partial charge on any atom is 0.134 e. The van der Waals surface area contributed by atoms with Crippen LogP contribution in [0.1, 0.15) is 41.0 Å². The summed E-state index contributed by atoms with van der Waals surface area (Å²) in [4.78, 5) is 0. The van der Waals surface area contributed by atoms with E-state index in [1.807, 2.05) is 18.2 Å². The molecule has 0 atom stereocenters. The predicted octanol–water partition coefficient (Wildman–Crippen LogP) is 5.47.